The molecule has 0 unspecified atom stereocenters. The maximum atomic E-state index is 13.5. The summed E-state index contributed by atoms with van der Waals surface area (Å²) in [5.41, 5.74) is 5.90. The molecule has 1 heterocycles. The molecule has 0 radical (unpaired) electrons. The molecule has 0 aliphatic carbocycles. The van der Waals surface area contributed by atoms with E-state index in [9.17, 15) is 8.78 Å². The number of rotatable bonds is 5. The van der Waals surface area contributed by atoms with Crippen molar-refractivity contribution in [3.05, 3.63) is 23.8 Å². The van der Waals surface area contributed by atoms with E-state index in [0.717, 1.165) is 45.3 Å². The summed E-state index contributed by atoms with van der Waals surface area (Å²) in [4.78, 5) is 2.29. The van der Waals surface area contributed by atoms with Crippen LogP contribution < -0.4 is 11.1 Å². The van der Waals surface area contributed by atoms with Gasteiger partial charge in [0, 0.05) is 19.6 Å². The molecule has 1 aliphatic heterocycles. The third kappa shape index (κ3) is 3.78. The average molecular weight is 271 g/mol. The highest BCUT2D eigenvalue weighted by Crippen LogP contribution is 2.24. The predicted molar refractivity (Wildman–Crippen MR) is 71.1 cm³/mol. The first-order valence-corrected chi connectivity index (χ1v) is 6.46. The van der Waals surface area contributed by atoms with Gasteiger partial charge < -0.3 is 15.8 Å². The molecule has 1 fully saturated rings. The van der Waals surface area contributed by atoms with Gasteiger partial charge in [0.2, 0.25) is 0 Å². The average Bonchev–Trinajstić information content (AvgIpc) is 2.43. The van der Waals surface area contributed by atoms with Gasteiger partial charge in [-0.1, -0.05) is 0 Å². The maximum Gasteiger partial charge on any atom is 0.183 e. The first-order valence-electron chi connectivity index (χ1n) is 6.46. The quantitative estimate of drug-likeness (QED) is 0.632. The third-order valence-electron chi connectivity index (χ3n) is 3.18. The van der Waals surface area contributed by atoms with E-state index in [-0.39, 0.29) is 11.4 Å². The summed E-state index contributed by atoms with van der Waals surface area (Å²) in [5.74, 6) is -1.80. The fourth-order valence-corrected chi connectivity index (χ4v) is 2.09. The Morgan fingerprint density at radius 1 is 1.26 bits per heavy atom. The number of benzene rings is 1. The number of nitrogens with one attached hydrogen (secondary N) is 1. The second-order valence-corrected chi connectivity index (χ2v) is 4.56. The summed E-state index contributed by atoms with van der Waals surface area (Å²) < 4.78 is 31.8. The zero-order valence-electron chi connectivity index (χ0n) is 10.8. The van der Waals surface area contributed by atoms with Crippen molar-refractivity contribution >= 4 is 11.4 Å². The van der Waals surface area contributed by atoms with Gasteiger partial charge in [0.1, 0.15) is 0 Å². The SMILES string of the molecule is Nc1ccc(F)c(F)c1NCCCN1CCOCC1. The van der Waals surface area contributed by atoms with Gasteiger partial charge >= 0.3 is 0 Å². The van der Waals surface area contributed by atoms with E-state index < -0.39 is 11.6 Å². The van der Waals surface area contributed by atoms with Crippen LogP contribution in [-0.4, -0.2) is 44.3 Å². The Morgan fingerprint density at radius 3 is 2.74 bits per heavy atom. The fourth-order valence-electron chi connectivity index (χ4n) is 2.09. The Labute approximate surface area is 111 Å². The molecule has 1 aromatic carbocycles. The molecule has 3 N–H and O–H groups in total. The van der Waals surface area contributed by atoms with Crippen LogP contribution in [0.1, 0.15) is 6.42 Å². The number of ether oxygens (including phenoxy) is 1. The highest BCUT2D eigenvalue weighted by molar-refractivity contribution is 5.66. The van der Waals surface area contributed by atoms with Gasteiger partial charge in [-0.05, 0) is 25.1 Å². The number of nitrogens with zero attached hydrogens (tertiary/aromatic N) is 1. The van der Waals surface area contributed by atoms with Gasteiger partial charge in [0.15, 0.2) is 11.6 Å². The second-order valence-electron chi connectivity index (χ2n) is 4.56. The zero-order valence-corrected chi connectivity index (χ0v) is 10.8. The van der Waals surface area contributed by atoms with Crippen molar-refractivity contribution in [3.63, 3.8) is 0 Å². The third-order valence-corrected chi connectivity index (χ3v) is 3.18. The van der Waals surface area contributed by atoms with Gasteiger partial charge in [0.05, 0.1) is 24.6 Å². The molecule has 6 heteroatoms. The van der Waals surface area contributed by atoms with Gasteiger partial charge in [0.25, 0.3) is 0 Å². The molecule has 19 heavy (non-hydrogen) atoms. The van der Waals surface area contributed by atoms with E-state index in [1.807, 2.05) is 0 Å². The highest BCUT2D eigenvalue weighted by Gasteiger charge is 2.12. The van der Waals surface area contributed by atoms with Crippen LogP contribution in [0.15, 0.2) is 12.1 Å². The van der Waals surface area contributed by atoms with Crippen molar-refractivity contribution in [2.75, 3.05) is 50.4 Å². The molecule has 0 spiro atoms. The number of anilines is 2. The van der Waals surface area contributed by atoms with Gasteiger partial charge in [-0.25, -0.2) is 8.78 Å². The van der Waals surface area contributed by atoms with Crippen molar-refractivity contribution < 1.29 is 13.5 Å². The summed E-state index contributed by atoms with van der Waals surface area (Å²) in [6, 6.07) is 2.40. The molecular weight excluding hydrogens is 252 g/mol. The largest absolute Gasteiger partial charge is 0.397 e. The number of hydrogen-bond acceptors (Lipinski definition) is 4. The Bertz CT molecular complexity index is 423. The Kier molecular flexibility index (Phi) is 4.93. The van der Waals surface area contributed by atoms with Crippen molar-refractivity contribution in [1.82, 2.24) is 4.90 Å². The number of halogens is 2. The lowest BCUT2D eigenvalue weighted by atomic mass is 10.2. The van der Waals surface area contributed by atoms with E-state index >= 15 is 0 Å². The van der Waals surface area contributed by atoms with Crippen LogP contribution in [0.4, 0.5) is 20.2 Å². The van der Waals surface area contributed by atoms with Crippen LogP contribution in [0.25, 0.3) is 0 Å². The molecule has 1 aromatic rings. The minimum Gasteiger partial charge on any atom is -0.397 e. The van der Waals surface area contributed by atoms with E-state index in [1.54, 1.807) is 0 Å². The zero-order chi connectivity index (χ0) is 13.7. The van der Waals surface area contributed by atoms with Crippen molar-refractivity contribution in [2.45, 2.75) is 6.42 Å². The van der Waals surface area contributed by atoms with Gasteiger partial charge in [-0.3, -0.25) is 4.90 Å². The summed E-state index contributed by atoms with van der Waals surface area (Å²) in [7, 11) is 0. The monoisotopic (exact) mass is 271 g/mol. The van der Waals surface area contributed by atoms with Crippen molar-refractivity contribution in [1.29, 1.82) is 0 Å². The van der Waals surface area contributed by atoms with E-state index in [0.29, 0.717) is 6.54 Å². The van der Waals surface area contributed by atoms with E-state index in [1.165, 1.54) is 6.07 Å². The smallest absolute Gasteiger partial charge is 0.183 e. The molecule has 0 aromatic heterocycles. The topological polar surface area (TPSA) is 50.5 Å². The number of hydrogen-bond donors (Lipinski definition) is 2. The molecule has 1 aliphatic rings. The van der Waals surface area contributed by atoms with Crippen LogP contribution in [0.3, 0.4) is 0 Å². The molecule has 0 atom stereocenters. The van der Waals surface area contributed by atoms with Crippen molar-refractivity contribution in [3.8, 4) is 0 Å². The van der Waals surface area contributed by atoms with Crippen LogP contribution >= 0.6 is 0 Å². The lowest BCUT2D eigenvalue weighted by Crippen LogP contribution is -2.37. The Balaban J connectivity index is 1.77. The number of nitrogens with two attached hydrogens (primary N) is 1. The van der Waals surface area contributed by atoms with Gasteiger partial charge in [-0.2, -0.15) is 0 Å². The minimum absolute atomic E-state index is 0.0574. The summed E-state index contributed by atoms with van der Waals surface area (Å²) in [5, 5.41) is 2.86. The Morgan fingerprint density at radius 2 is 2.00 bits per heavy atom. The maximum absolute atomic E-state index is 13.5. The minimum atomic E-state index is -0.911. The summed E-state index contributed by atoms with van der Waals surface area (Å²) in [6.45, 7) is 4.85. The molecule has 106 valence electrons. The van der Waals surface area contributed by atoms with Crippen molar-refractivity contribution in [2.24, 2.45) is 0 Å². The molecule has 0 saturated carbocycles. The Hall–Kier alpha value is -1.40. The molecule has 4 nitrogen and oxygen atoms in total. The predicted octanol–water partition coefficient (Wildman–Crippen LogP) is 1.68. The number of nitrogen functional groups attached to an aromatic ring is 1. The normalized spacial score (nSPS) is 16.5. The van der Waals surface area contributed by atoms with E-state index in [4.69, 9.17) is 10.5 Å². The molecule has 0 bridgehead atoms. The fraction of sp³-hybridized carbons (Fsp3) is 0.538. The molecule has 1 saturated heterocycles. The van der Waals surface area contributed by atoms with E-state index in [2.05, 4.69) is 10.2 Å². The lowest BCUT2D eigenvalue weighted by Gasteiger charge is -2.26. The second kappa shape index (κ2) is 6.68. The standard InChI is InChI=1S/C13H19F2N3O/c14-10-2-3-11(16)13(12(10)15)17-4-1-5-18-6-8-19-9-7-18/h2-3,17H,1,4-9,16H2. The highest BCUT2D eigenvalue weighted by atomic mass is 19.2. The van der Waals surface area contributed by atoms with Crippen LogP contribution in [0.5, 0.6) is 0 Å². The summed E-state index contributed by atoms with van der Waals surface area (Å²) >= 11 is 0. The first-order chi connectivity index (χ1) is 9.18. The van der Waals surface area contributed by atoms with Crippen LogP contribution in [0, 0.1) is 11.6 Å². The molecular formula is C13H19F2N3O. The van der Waals surface area contributed by atoms with Crippen LogP contribution in [0.2, 0.25) is 0 Å². The molecule has 2 rings (SSSR count). The number of morpholine rings is 1. The van der Waals surface area contributed by atoms with Gasteiger partial charge in [-0.15, -0.1) is 0 Å². The lowest BCUT2D eigenvalue weighted by molar-refractivity contribution is 0.0378. The first kappa shape index (κ1) is 14.0. The molecule has 0 amide bonds. The van der Waals surface area contributed by atoms with Crippen LogP contribution in [-0.2, 0) is 4.74 Å². The summed E-state index contributed by atoms with van der Waals surface area (Å²) in [6.07, 6.45) is 0.843.